The molecule has 88 valence electrons. The summed E-state index contributed by atoms with van der Waals surface area (Å²) in [4.78, 5) is 11.5. The van der Waals surface area contributed by atoms with Crippen LogP contribution in [0.25, 0.3) is 0 Å². The van der Waals surface area contributed by atoms with E-state index in [2.05, 4.69) is 13.8 Å². The molecule has 0 aromatic carbocycles. The van der Waals surface area contributed by atoms with Crippen molar-refractivity contribution in [2.75, 3.05) is 0 Å². The van der Waals surface area contributed by atoms with Gasteiger partial charge in [0.05, 0.1) is 0 Å². The molecule has 2 nitrogen and oxygen atoms in total. The molecule has 1 aliphatic rings. The average Bonchev–Trinajstić information content (AvgIpc) is 2.22. The molecule has 0 heterocycles. The first-order valence-electron chi connectivity index (χ1n) is 6.43. The Bertz CT molecular complexity index is 189. The molecule has 2 heteroatoms. The molecular weight excluding hydrogens is 188 g/mol. The van der Waals surface area contributed by atoms with Gasteiger partial charge in [-0.25, -0.2) is 0 Å². The van der Waals surface area contributed by atoms with E-state index in [9.17, 15) is 4.79 Å². The summed E-state index contributed by atoms with van der Waals surface area (Å²) < 4.78 is 5.51. The van der Waals surface area contributed by atoms with Gasteiger partial charge in [0.1, 0.15) is 6.10 Å². The van der Waals surface area contributed by atoms with Gasteiger partial charge in [-0.05, 0) is 31.6 Å². The molecule has 0 N–H and O–H groups in total. The number of rotatable bonds is 5. The zero-order chi connectivity index (χ0) is 11.1. The molecule has 1 saturated carbocycles. The van der Waals surface area contributed by atoms with Gasteiger partial charge in [-0.1, -0.05) is 33.1 Å². The van der Waals surface area contributed by atoms with Crippen LogP contribution in [0, 0.1) is 5.92 Å². The second-order valence-electron chi connectivity index (χ2n) is 4.75. The van der Waals surface area contributed by atoms with Gasteiger partial charge in [-0.15, -0.1) is 0 Å². The van der Waals surface area contributed by atoms with Crippen molar-refractivity contribution >= 4 is 5.97 Å². The van der Waals surface area contributed by atoms with Gasteiger partial charge in [-0.2, -0.15) is 0 Å². The van der Waals surface area contributed by atoms with Crippen LogP contribution in [-0.2, 0) is 9.53 Å². The lowest BCUT2D eigenvalue weighted by Crippen LogP contribution is -2.28. The Kier molecular flexibility index (Phi) is 5.74. The molecule has 0 bridgehead atoms. The lowest BCUT2D eigenvalue weighted by Gasteiger charge is -2.28. The number of unbranched alkanes of at least 4 members (excludes halogenated alkanes) is 2. The summed E-state index contributed by atoms with van der Waals surface area (Å²) in [6.07, 6.45) is 8.89. The van der Waals surface area contributed by atoms with Gasteiger partial charge in [-0.3, -0.25) is 4.79 Å². The molecule has 0 aromatic heterocycles. The molecule has 2 atom stereocenters. The van der Waals surface area contributed by atoms with Gasteiger partial charge < -0.3 is 4.74 Å². The summed E-state index contributed by atoms with van der Waals surface area (Å²) in [6.45, 7) is 4.34. The number of carbonyl (C=O) groups excluding carboxylic acids is 1. The number of carbonyl (C=O) groups is 1. The maximum absolute atomic E-state index is 11.5. The third kappa shape index (κ3) is 4.67. The fourth-order valence-corrected chi connectivity index (χ4v) is 2.20. The summed E-state index contributed by atoms with van der Waals surface area (Å²) >= 11 is 0. The Morgan fingerprint density at radius 1 is 1.27 bits per heavy atom. The van der Waals surface area contributed by atoms with Crippen LogP contribution < -0.4 is 0 Å². The van der Waals surface area contributed by atoms with Gasteiger partial charge in [0.2, 0.25) is 0 Å². The minimum Gasteiger partial charge on any atom is -0.462 e. The number of esters is 1. The number of hydrogen-bond donors (Lipinski definition) is 0. The predicted octanol–water partition coefficient (Wildman–Crippen LogP) is 3.69. The van der Waals surface area contributed by atoms with E-state index in [-0.39, 0.29) is 12.1 Å². The Hall–Kier alpha value is -0.530. The fourth-order valence-electron chi connectivity index (χ4n) is 2.20. The molecule has 0 radical (unpaired) electrons. The lowest BCUT2D eigenvalue weighted by atomic mass is 9.88. The summed E-state index contributed by atoms with van der Waals surface area (Å²) in [7, 11) is 0. The van der Waals surface area contributed by atoms with Crippen LogP contribution in [-0.4, -0.2) is 12.1 Å². The van der Waals surface area contributed by atoms with Crippen molar-refractivity contribution in [1.29, 1.82) is 0 Å². The second kappa shape index (κ2) is 6.86. The molecule has 1 rings (SSSR count). The van der Waals surface area contributed by atoms with Crippen molar-refractivity contribution in [2.45, 2.75) is 71.3 Å². The van der Waals surface area contributed by atoms with Crippen molar-refractivity contribution in [3.63, 3.8) is 0 Å². The van der Waals surface area contributed by atoms with Crippen LogP contribution in [0.1, 0.15) is 65.2 Å². The molecule has 0 saturated heterocycles. The minimum absolute atomic E-state index is 0.0159. The molecule has 0 spiro atoms. The minimum atomic E-state index is 0.0159. The standard InChI is InChI=1S/C13H24O2/c1-3-4-5-10-13(14)15-12-9-7-6-8-11(12)2/h11-12H,3-10H2,1-2H3. The lowest BCUT2D eigenvalue weighted by molar-refractivity contribution is -0.153. The van der Waals surface area contributed by atoms with Crippen molar-refractivity contribution in [3.05, 3.63) is 0 Å². The maximum Gasteiger partial charge on any atom is 0.306 e. The monoisotopic (exact) mass is 212 g/mol. The van der Waals surface area contributed by atoms with Gasteiger partial charge >= 0.3 is 5.97 Å². The van der Waals surface area contributed by atoms with E-state index >= 15 is 0 Å². The highest BCUT2D eigenvalue weighted by molar-refractivity contribution is 5.69. The quantitative estimate of drug-likeness (QED) is 0.513. The van der Waals surface area contributed by atoms with E-state index in [0.29, 0.717) is 12.3 Å². The van der Waals surface area contributed by atoms with E-state index in [1.165, 1.54) is 19.3 Å². The molecule has 0 aromatic rings. The molecular formula is C13H24O2. The first kappa shape index (κ1) is 12.5. The second-order valence-corrected chi connectivity index (χ2v) is 4.75. The van der Waals surface area contributed by atoms with Crippen LogP contribution in [0.3, 0.4) is 0 Å². The summed E-state index contributed by atoms with van der Waals surface area (Å²) in [5, 5.41) is 0. The van der Waals surface area contributed by atoms with E-state index in [1.54, 1.807) is 0 Å². The summed E-state index contributed by atoms with van der Waals surface area (Å²) in [5.74, 6) is 0.580. The van der Waals surface area contributed by atoms with Crippen LogP contribution >= 0.6 is 0 Å². The topological polar surface area (TPSA) is 26.3 Å². The van der Waals surface area contributed by atoms with E-state index in [0.717, 1.165) is 25.7 Å². The third-order valence-electron chi connectivity index (χ3n) is 3.30. The van der Waals surface area contributed by atoms with Crippen LogP contribution in [0.2, 0.25) is 0 Å². The Balaban J connectivity index is 2.18. The molecule has 15 heavy (non-hydrogen) atoms. The Labute approximate surface area is 93.4 Å². The van der Waals surface area contributed by atoms with Gasteiger partial charge in [0.25, 0.3) is 0 Å². The van der Waals surface area contributed by atoms with Crippen molar-refractivity contribution in [1.82, 2.24) is 0 Å². The third-order valence-corrected chi connectivity index (χ3v) is 3.30. The highest BCUT2D eigenvalue weighted by Crippen LogP contribution is 2.26. The average molecular weight is 212 g/mol. The van der Waals surface area contributed by atoms with E-state index in [4.69, 9.17) is 4.74 Å². The van der Waals surface area contributed by atoms with Crippen molar-refractivity contribution in [3.8, 4) is 0 Å². The van der Waals surface area contributed by atoms with Crippen LogP contribution in [0.4, 0.5) is 0 Å². The first-order chi connectivity index (χ1) is 7.24. The predicted molar refractivity (Wildman–Crippen MR) is 61.7 cm³/mol. The molecule has 1 aliphatic carbocycles. The normalized spacial score (nSPS) is 26.3. The van der Waals surface area contributed by atoms with Crippen molar-refractivity contribution < 1.29 is 9.53 Å². The molecule has 0 aliphatic heterocycles. The Morgan fingerprint density at radius 2 is 2.00 bits per heavy atom. The zero-order valence-corrected chi connectivity index (χ0v) is 10.1. The Morgan fingerprint density at radius 3 is 2.67 bits per heavy atom. The highest BCUT2D eigenvalue weighted by atomic mass is 16.5. The highest BCUT2D eigenvalue weighted by Gasteiger charge is 2.24. The van der Waals surface area contributed by atoms with E-state index in [1.807, 2.05) is 0 Å². The van der Waals surface area contributed by atoms with E-state index < -0.39 is 0 Å². The number of hydrogen-bond acceptors (Lipinski definition) is 2. The van der Waals surface area contributed by atoms with Crippen LogP contribution in [0.5, 0.6) is 0 Å². The summed E-state index contributed by atoms with van der Waals surface area (Å²) in [5.41, 5.74) is 0. The van der Waals surface area contributed by atoms with Gasteiger partial charge in [0.15, 0.2) is 0 Å². The van der Waals surface area contributed by atoms with Gasteiger partial charge in [0, 0.05) is 6.42 Å². The zero-order valence-electron chi connectivity index (χ0n) is 10.1. The van der Waals surface area contributed by atoms with Crippen LogP contribution in [0.15, 0.2) is 0 Å². The first-order valence-corrected chi connectivity index (χ1v) is 6.43. The number of ether oxygens (including phenoxy) is 1. The molecule has 2 unspecified atom stereocenters. The fraction of sp³-hybridized carbons (Fsp3) is 0.923. The molecule has 1 fully saturated rings. The smallest absolute Gasteiger partial charge is 0.306 e. The largest absolute Gasteiger partial charge is 0.462 e. The maximum atomic E-state index is 11.5. The van der Waals surface area contributed by atoms with Crippen molar-refractivity contribution in [2.24, 2.45) is 5.92 Å². The SMILES string of the molecule is CCCCCC(=O)OC1CCCCC1C. The molecule has 0 amide bonds. The summed E-state index contributed by atoms with van der Waals surface area (Å²) in [6, 6.07) is 0.